The van der Waals surface area contributed by atoms with E-state index in [2.05, 4.69) is 10.1 Å². The van der Waals surface area contributed by atoms with Gasteiger partial charge in [-0.05, 0) is 12.3 Å². The molecule has 1 atom stereocenters. The second kappa shape index (κ2) is 8.06. The zero-order valence-electron chi connectivity index (χ0n) is 13.1. The van der Waals surface area contributed by atoms with E-state index in [1.807, 2.05) is 13.8 Å². The van der Waals surface area contributed by atoms with Gasteiger partial charge in [0.25, 0.3) is 11.2 Å². The number of nitrogens with one attached hydrogen (secondary N) is 1. The summed E-state index contributed by atoms with van der Waals surface area (Å²) in [5.41, 5.74) is -0.853. The van der Waals surface area contributed by atoms with Crippen molar-refractivity contribution in [3.05, 3.63) is 38.8 Å². The highest BCUT2D eigenvalue weighted by Crippen LogP contribution is 2.08. The summed E-state index contributed by atoms with van der Waals surface area (Å²) < 4.78 is 5.54. The van der Waals surface area contributed by atoms with Crippen molar-refractivity contribution in [3.8, 4) is 0 Å². The first-order chi connectivity index (χ1) is 10.7. The van der Waals surface area contributed by atoms with Gasteiger partial charge >= 0.3 is 5.97 Å². The fraction of sp³-hybridized carbons (Fsp3) is 0.500. The van der Waals surface area contributed by atoms with Crippen molar-refractivity contribution < 1.29 is 19.2 Å². The smallest absolute Gasteiger partial charge is 0.328 e. The van der Waals surface area contributed by atoms with Crippen LogP contribution in [0.1, 0.15) is 20.3 Å². The molecule has 23 heavy (non-hydrogen) atoms. The highest BCUT2D eigenvalue weighted by atomic mass is 16.6. The Hall–Kier alpha value is -2.71. The van der Waals surface area contributed by atoms with Crippen molar-refractivity contribution in [1.29, 1.82) is 0 Å². The number of carbonyl (C=O) groups is 2. The molecule has 0 aromatic carbocycles. The Kier molecular flexibility index (Phi) is 6.43. The summed E-state index contributed by atoms with van der Waals surface area (Å²) in [6.45, 7) is 3.34. The van der Waals surface area contributed by atoms with Crippen molar-refractivity contribution in [2.24, 2.45) is 5.92 Å². The fourth-order valence-corrected chi connectivity index (χ4v) is 1.97. The third kappa shape index (κ3) is 5.53. The minimum atomic E-state index is -0.832. The molecule has 1 amide bonds. The predicted molar refractivity (Wildman–Crippen MR) is 80.8 cm³/mol. The number of nitrogens with zero attached hydrogens (tertiary/aromatic N) is 2. The van der Waals surface area contributed by atoms with E-state index in [4.69, 9.17) is 0 Å². The molecule has 0 bridgehead atoms. The van der Waals surface area contributed by atoms with Crippen molar-refractivity contribution in [3.63, 3.8) is 0 Å². The second-order valence-electron chi connectivity index (χ2n) is 5.38. The number of nitro groups is 1. The number of methoxy groups -OCH3 is 1. The average Bonchev–Trinajstić information content (AvgIpc) is 2.47. The zero-order chi connectivity index (χ0) is 17.6. The van der Waals surface area contributed by atoms with E-state index in [-0.39, 0.29) is 11.6 Å². The van der Waals surface area contributed by atoms with Crippen LogP contribution in [0.4, 0.5) is 5.69 Å². The van der Waals surface area contributed by atoms with Gasteiger partial charge in [0.1, 0.15) is 12.6 Å². The maximum atomic E-state index is 12.0. The molecule has 1 aromatic heterocycles. The number of ether oxygens (including phenoxy) is 1. The third-order valence-corrected chi connectivity index (χ3v) is 3.02. The number of hydrogen-bond acceptors (Lipinski definition) is 6. The van der Waals surface area contributed by atoms with Gasteiger partial charge < -0.3 is 10.1 Å². The van der Waals surface area contributed by atoms with Crippen LogP contribution < -0.4 is 10.9 Å². The third-order valence-electron chi connectivity index (χ3n) is 3.02. The highest BCUT2D eigenvalue weighted by molar-refractivity contribution is 5.84. The van der Waals surface area contributed by atoms with Gasteiger partial charge in [0.05, 0.1) is 18.2 Å². The topological polar surface area (TPSA) is 121 Å². The van der Waals surface area contributed by atoms with Crippen molar-refractivity contribution in [2.75, 3.05) is 7.11 Å². The zero-order valence-corrected chi connectivity index (χ0v) is 13.1. The van der Waals surface area contributed by atoms with Gasteiger partial charge in [0, 0.05) is 12.1 Å². The molecule has 0 aliphatic rings. The Morgan fingerprint density at radius 3 is 2.57 bits per heavy atom. The lowest BCUT2D eigenvalue weighted by Gasteiger charge is -2.18. The Balaban J connectivity index is 2.86. The van der Waals surface area contributed by atoms with E-state index in [0.29, 0.717) is 6.42 Å². The van der Waals surface area contributed by atoms with Crippen LogP contribution in [0.15, 0.2) is 23.1 Å². The number of esters is 1. The number of pyridine rings is 1. The molecule has 1 heterocycles. The molecule has 126 valence electrons. The first-order valence-electron chi connectivity index (χ1n) is 6.96. The lowest BCUT2D eigenvalue weighted by atomic mass is 10.0. The maximum Gasteiger partial charge on any atom is 0.328 e. The molecule has 9 nitrogen and oxygen atoms in total. The molecule has 1 N–H and O–H groups in total. The van der Waals surface area contributed by atoms with Crippen LogP contribution in [0.3, 0.4) is 0 Å². The molecule has 0 fully saturated rings. The van der Waals surface area contributed by atoms with E-state index in [0.717, 1.165) is 22.9 Å². The molecular formula is C14H19N3O6. The number of carbonyl (C=O) groups excluding carboxylic acids is 2. The van der Waals surface area contributed by atoms with Crippen LogP contribution in [0.25, 0.3) is 0 Å². The van der Waals surface area contributed by atoms with Crippen LogP contribution in [0.2, 0.25) is 0 Å². The minimum absolute atomic E-state index is 0.139. The van der Waals surface area contributed by atoms with Crippen molar-refractivity contribution in [2.45, 2.75) is 32.9 Å². The quantitative estimate of drug-likeness (QED) is 0.442. The Bertz CT molecular complexity index is 652. The molecule has 0 aliphatic carbocycles. The van der Waals surface area contributed by atoms with E-state index in [1.54, 1.807) is 0 Å². The molecule has 0 spiro atoms. The summed E-state index contributed by atoms with van der Waals surface area (Å²) in [6.07, 6.45) is 1.36. The SMILES string of the molecule is COC(=O)[C@H](CC(C)C)NC(=O)Cn1cc([N+](=O)[O-])ccc1=O. The van der Waals surface area contributed by atoms with E-state index < -0.39 is 34.9 Å². The van der Waals surface area contributed by atoms with Crippen molar-refractivity contribution >= 4 is 17.6 Å². The van der Waals surface area contributed by atoms with Crippen LogP contribution in [-0.2, 0) is 20.9 Å². The van der Waals surface area contributed by atoms with Gasteiger partial charge in [-0.15, -0.1) is 0 Å². The average molecular weight is 325 g/mol. The normalized spacial score (nSPS) is 11.8. The van der Waals surface area contributed by atoms with E-state index in [9.17, 15) is 24.5 Å². The summed E-state index contributed by atoms with van der Waals surface area (Å²) in [4.78, 5) is 45.4. The summed E-state index contributed by atoms with van der Waals surface area (Å²) in [5.74, 6) is -1.05. The molecule has 0 aliphatic heterocycles. The number of amides is 1. The Labute approximate surface area is 132 Å². The predicted octanol–water partition coefficient (Wildman–Crippen LogP) is 0.460. The van der Waals surface area contributed by atoms with E-state index >= 15 is 0 Å². The lowest BCUT2D eigenvalue weighted by molar-refractivity contribution is -0.385. The molecular weight excluding hydrogens is 306 g/mol. The first kappa shape index (κ1) is 18.3. The first-order valence-corrected chi connectivity index (χ1v) is 6.96. The molecule has 0 unspecified atom stereocenters. The van der Waals surface area contributed by atoms with Gasteiger partial charge in [0.15, 0.2) is 0 Å². The van der Waals surface area contributed by atoms with Gasteiger partial charge in [-0.2, -0.15) is 0 Å². The van der Waals surface area contributed by atoms with Gasteiger partial charge in [-0.1, -0.05) is 13.8 Å². The lowest BCUT2D eigenvalue weighted by Crippen LogP contribution is -2.44. The highest BCUT2D eigenvalue weighted by Gasteiger charge is 2.23. The van der Waals surface area contributed by atoms with E-state index in [1.165, 1.54) is 7.11 Å². The van der Waals surface area contributed by atoms with Crippen LogP contribution >= 0.6 is 0 Å². The number of aromatic nitrogens is 1. The molecule has 1 rings (SSSR count). The molecule has 9 heteroatoms. The Morgan fingerprint density at radius 1 is 1.39 bits per heavy atom. The summed E-state index contributed by atoms with van der Waals surface area (Å²) >= 11 is 0. The monoisotopic (exact) mass is 325 g/mol. The summed E-state index contributed by atoms with van der Waals surface area (Å²) in [7, 11) is 1.22. The van der Waals surface area contributed by atoms with Crippen LogP contribution in [0.5, 0.6) is 0 Å². The Morgan fingerprint density at radius 2 is 2.04 bits per heavy atom. The standard InChI is InChI=1S/C14H19N3O6/c1-9(2)6-11(14(20)23-3)15-12(18)8-16-7-10(17(21)22)4-5-13(16)19/h4-5,7,9,11H,6,8H2,1-3H3,(H,15,18)/t11-/m0/s1. The number of hydrogen-bond donors (Lipinski definition) is 1. The molecule has 0 saturated carbocycles. The molecule has 1 aromatic rings. The van der Waals surface area contributed by atoms with Crippen molar-refractivity contribution in [1.82, 2.24) is 9.88 Å². The van der Waals surface area contributed by atoms with Gasteiger partial charge in [0.2, 0.25) is 5.91 Å². The fourth-order valence-electron chi connectivity index (χ4n) is 1.97. The number of rotatable bonds is 7. The van der Waals surface area contributed by atoms with Gasteiger partial charge in [-0.3, -0.25) is 24.3 Å². The molecule has 0 radical (unpaired) electrons. The minimum Gasteiger partial charge on any atom is -0.467 e. The van der Waals surface area contributed by atoms with Crippen LogP contribution in [-0.4, -0.2) is 34.5 Å². The maximum absolute atomic E-state index is 12.0. The summed E-state index contributed by atoms with van der Waals surface area (Å²) in [5, 5.41) is 13.2. The van der Waals surface area contributed by atoms with Crippen LogP contribution in [0, 0.1) is 16.0 Å². The second-order valence-corrected chi connectivity index (χ2v) is 5.38. The van der Waals surface area contributed by atoms with Gasteiger partial charge in [-0.25, -0.2) is 4.79 Å². The molecule has 0 saturated heterocycles. The largest absolute Gasteiger partial charge is 0.467 e. The summed E-state index contributed by atoms with van der Waals surface area (Å²) in [6, 6.07) is 1.24.